The van der Waals surface area contributed by atoms with Crippen LogP contribution in [-0.2, 0) is 9.59 Å². The number of carbonyl (C=O) groups is 2. The molecule has 130 valence electrons. The number of benzene rings is 2. The van der Waals surface area contributed by atoms with Crippen molar-refractivity contribution >= 4 is 28.9 Å². The van der Waals surface area contributed by atoms with Gasteiger partial charge in [-0.3, -0.25) is 14.5 Å². The highest BCUT2D eigenvalue weighted by atomic mass is 16.5. The molecule has 0 spiro atoms. The Balaban J connectivity index is 1.80. The van der Waals surface area contributed by atoms with E-state index in [-0.39, 0.29) is 18.4 Å². The summed E-state index contributed by atoms with van der Waals surface area (Å²) in [6, 6.07) is 14.8. The Kier molecular flexibility index (Phi) is 4.61. The van der Waals surface area contributed by atoms with E-state index >= 15 is 0 Å². The van der Waals surface area contributed by atoms with Crippen LogP contribution in [0.1, 0.15) is 6.92 Å². The fourth-order valence-electron chi connectivity index (χ4n) is 2.82. The Morgan fingerprint density at radius 1 is 1.16 bits per heavy atom. The van der Waals surface area contributed by atoms with Crippen LogP contribution in [0.15, 0.2) is 48.5 Å². The fourth-order valence-corrected chi connectivity index (χ4v) is 2.82. The van der Waals surface area contributed by atoms with Crippen LogP contribution in [-0.4, -0.2) is 38.6 Å². The van der Waals surface area contributed by atoms with E-state index in [1.165, 1.54) is 4.90 Å². The number of anilines is 3. The Hall–Kier alpha value is -3.02. The molecule has 2 aromatic carbocycles. The molecule has 0 saturated heterocycles. The summed E-state index contributed by atoms with van der Waals surface area (Å²) in [4.78, 5) is 28.4. The molecule has 0 bridgehead atoms. The first-order valence-electron chi connectivity index (χ1n) is 8.10. The van der Waals surface area contributed by atoms with Crippen LogP contribution in [0.3, 0.4) is 0 Å². The van der Waals surface area contributed by atoms with Gasteiger partial charge in [0.1, 0.15) is 12.3 Å². The van der Waals surface area contributed by atoms with E-state index in [1.807, 2.05) is 55.4 Å². The van der Waals surface area contributed by atoms with Gasteiger partial charge in [-0.15, -0.1) is 0 Å². The highest BCUT2D eigenvalue weighted by molar-refractivity contribution is 6.06. The van der Waals surface area contributed by atoms with E-state index < -0.39 is 6.10 Å². The lowest BCUT2D eigenvalue weighted by Gasteiger charge is -2.32. The van der Waals surface area contributed by atoms with Crippen molar-refractivity contribution in [1.29, 1.82) is 0 Å². The SMILES string of the molecule is CC1Oc2ccccc2N(CC(=O)Nc2ccccc2N(C)C)C1=O. The third-order valence-electron chi connectivity index (χ3n) is 4.04. The molecule has 0 aromatic heterocycles. The molecule has 0 radical (unpaired) electrons. The van der Waals surface area contributed by atoms with Crippen molar-refractivity contribution in [2.24, 2.45) is 0 Å². The van der Waals surface area contributed by atoms with Crippen molar-refractivity contribution in [3.63, 3.8) is 0 Å². The lowest BCUT2D eigenvalue weighted by atomic mass is 10.2. The normalized spacial score (nSPS) is 16.0. The molecule has 1 unspecified atom stereocenters. The zero-order chi connectivity index (χ0) is 18.0. The predicted molar refractivity (Wildman–Crippen MR) is 98.3 cm³/mol. The number of rotatable bonds is 4. The van der Waals surface area contributed by atoms with E-state index in [2.05, 4.69) is 5.32 Å². The molecule has 0 fully saturated rings. The molecule has 1 N–H and O–H groups in total. The van der Waals surface area contributed by atoms with Gasteiger partial charge in [-0.25, -0.2) is 0 Å². The first-order chi connectivity index (χ1) is 12.0. The molecular weight excluding hydrogens is 318 g/mol. The van der Waals surface area contributed by atoms with Crippen molar-refractivity contribution in [2.45, 2.75) is 13.0 Å². The Morgan fingerprint density at radius 3 is 2.60 bits per heavy atom. The molecule has 1 heterocycles. The van der Waals surface area contributed by atoms with E-state index in [9.17, 15) is 9.59 Å². The summed E-state index contributed by atoms with van der Waals surface area (Å²) >= 11 is 0. The zero-order valence-electron chi connectivity index (χ0n) is 14.5. The summed E-state index contributed by atoms with van der Waals surface area (Å²) in [7, 11) is 3.82. The quantitative estimate of drug-likeness (QED) is 0.930. The summed E-state index contributed by atoms with van der Waals surface area (Å²) in [5, 5.41) is 2.89. The first-order valence-corrected chi connectivity index (χ1v) is 8.10. The molecule has 1 aliphatic rings. The molecule has 0 aliphatic carbocycles. The summed E-state index contributed by atoms with van der Waals surface area (Å²) in [6.07, 6.45) is -0.614. The van der Waals surface area contributed by atoms with E-state index in [4.69, 9.17) is 4.74 Å². The average molecular weight is 339 g/mol. The second kappa shape index (κ2) is 6.84. The third-order valence-corrected chi connectivity index (χ3v) is 4.04. The van der Waals surface area contributed by atoms with Gasteiger partial charge in [0, 0.05) is 14.1 Å². The maximum atomic E-state index is 12.6. The van der Waals surface area contributed by atoms with E-state index in [0.717, 1.165) is 5.69 Å². The number of hydrogen-bond donors (Lipinski definition) is 1. The second-order valence-electron chi connectivity index (χ2n) is 6.11. The Morgan fingerprint density at radius 2 is 1.84 bits per heavy atom. The number of amides is 2. The molecule has 3 rings (SSSR count). The molecule has 2 aromatic rings. The van der Waals surface area contributed by atoms with Crippen molar-refractivity contribution in [2.75, 3.05) is 35.8 Å². The third kappa shape index (κ3) is 3.42. The number of carbonyl (C=O) groups excluding carboxylic acids is 2. The van der Waals surface area contributed by atoms with Crippen LogP contribution in [0, 0.1) is 0 Å². The van der Waals surface area contributed by atoms with Gasteiger partial charge in [0.15, 0.2) is 6.10 Å². The van der Waals surface area contributed by atoms with Crippen molar-refractivity contribution in [3.8, 4) is 5.75 Å². The smallest absolute Gasteiger partial charge is 0.268 e. The highest BCUT2D eigenvalue weighted by Crippen LogP contribution is 2.33. The van der Waals surface area contributed by atoms with Crippen molar-refractivity contribution in [1.82, 2.24) is 0 Å². The standard InChI is InChI=1S/C19H21N3O3/c1-13-19(24)22(16-10-6-7-11-17(16)25-13)12-18(23)20-14-8-4-5-9-15(14)21(2)3/h4-11,13H,12H2,1-3H3,(H,20,23). The maximum Gasteiger partial charge on any atom is 0.268 e. The lowest BCUT2D eigenvalue weighted by molar-refractivity contribution is -0.127. The molecule has 1 aliphatic heterocycles. The predicted octanol–water partition coefficient (Wildman–Crippen LogP) is 2.51. The molecular formula is C19H21N3O3. The van der Waals surface area contributed by atoms with Gasteiger partial charge < -0.3 is 15.0 Å². The van der Waals surface area contributed by atoms with Gasteiger partial charge in [-0.1, -0.05) is 24.3 Å². The van der Waals surface area contributed by atoms with Crippen LogP contribution in [0.5, 0.6) is 5.75 Å². The van der Waals surface area contributed by atoms with E-state index in [1.54, 1.807) is 19.1 Å². The van der Waals surface area contributed by atoms with Crippen molar-refractivity contribution < 1.29 is 14.3 Å². The monoisotopic (exact) mass is 339 g/mol. The second-order valence-corrected chi connectivity index (χ2v) is 6.11. The maximum absolute atomic E-state index is 12.6. The Labute approximate surface area is 147 Å². The highest BCUT2D eigenvalue weighted by Gasteiger charge is 2.32. The number of nitrogens with one attached hydrogen (secondary N) is 1. The topological polar surface area (TPSA) is 61.9 Å². The van der Waals surface area contributed by atoms with Crippen molar-refractivity contribution in [3.05, 3.63) is 48.5 Å². The van der Waals surface area contributed by atoms with Crippen LogP contribution in [0.2, 0.25) is 0 Å². The van der Waals surface area contributed by atoms with Crippen LogP contribution >= 0.6 is 0 Å². The minimum Gasteiger partial charge on any atom is -0.479 e. The number of nitrogens with zero attached hydrogens (tertiary/aromatic N) is 2. The number of ether oxygens (including phenoxy) is 1. The summed E-state index contributed by atoms with van der Waals surface area (Å²) in [5.74, 6) is 0.123. The molecule has 2 amide bonds. The minimum atomic E-state index is -0.614. The molecule has 0 saturated carbocycles. The van der Waals surface area contributed by atoms with Gasteiger partial charge in [-0.2, -0.15) is 0 Å². The summed E-state index contributed by atoms with van der Waals surface area (Å²) in [6.45, 7) is 1.62. The average Bonchev–Trinajstić information content (AvgIpc) is 2.59. The van der Waals surface area contributed by atoms with Crippen LogP contribution in [0.4, 0.5) is 17.1 Å². The van der Waals surface area contributed by atoms with Gasteiger partial charge in [0.25, 0.3) is 5.91 Å². The van der Waals surface area contributed by atoms with Crippen LogP contribution in [0.25, 0.3) is 0 Å². The number of fused-ring (bicyclic) bond motifs is 1. The molecule has 25 heavy (non-hydrogen) atoms. The molecule has 6 nitrogen and oxygen atoms in total. The van der Waals surface area contributed by atoms with Gasteiger partial charge in [-0.05, 0) is 31.2 Å². The number of hydrogen-bond acceptors (Lipinski definition) is 4. The zero-order valence-corrected chi connectivity index (χ0v) is 14.5. The Bertz CT molecular complexity index is 804. The largest absolute Gasteiger partial charge is 0.479 e. The number of para-hydroxylation sites is 4. The van der Waals surface area contributed by atoms with Gasteiger partial charge >= 0.3 is 0 Å². The first kappa shape index (κ1) is 16.8. The summed E-state index contributed by atoms with van der Waals surface area (Å²) < 4.78 is 5.60. The fraction of sp³-hybridized carbons (Fsp3) is 0.263. The van der Waals surface area contributed by atoms with E-state index in [0.29, 0.717) is 17.1 Å². The van der Waals surface area contributed by atoms with Crippen LogP contribution < -0.4 is 19.9 Å². The molecule has 6 heteroatoms. The van der Waals surface area contributed by atoms with Gasteiger partial charge in [0.05, 0.1) is 17.1 Å². The summed E-state index contributed by atoms with van der Waals surface area (Å²) in [5.41, 5.74) is 2.22. The van der Waals surface area contributed by atoms with Gasteiger partial charge in [0.2, 0.25) is 5.91 Å². The minimum absolute atomic E-state index is 0.0642. The molecule has 1 atom stereocenters. The lowest BCUT2D eigenvalue weighted by Crippen LogP contribution is -2.47.